The highest BCUT2D eigenvalue weighted by molar-refractivity contribution is 14.1. The molecule has 0 atom stereocenters. The summed E-state index contributed by atoms with van der Waals surface area (Å²) in [6.07, 6.45) is 0. The Morgan fingerprint density at radius 1 is 1.44 bits per heavy atom. The highest BCUT2D eigenvalue weighted by Crippen LogP contribution is 2.24. The van der Waals surface area contributed by atoms with Gasteiger partial charge in [0.15, 0.2) is 0 Å². The molecule has 88 valence electrons. The first-order valence-corrected chi connectivity index (χ1v) is 6.46. The molecule has 2 nitrogen and oxygen atoms in total. The number of rotatable bonds is 1. The van der Waals surface area contributed by atoms with Gasteiger partial charge >= 0.3 is 5.97 Å². The lowest BCUT2D eigenvalue weighted by Gasteiger charge is -2.20. The molecule has 0 saturated carbocycles. The van der Waals surface area contributed by atoms with E-state index in [0.717, 1.165) is 0 Å². The van der Waals surface area contributed by atoms with Gasteiger partial charge in [0, 0.05) is 3.57 Å². The molecule has 0 N–H and O–H groups in total. The summed E-state index contributed by atoms with van der Waals surface area (Å²) in [5, 5.41) is 0. The maximum absolute atomic E-state index is 13.3. The quantitative estimate of drug-likeness (QED) is 0.402. The minimum Gasteiger partial charge on any atom is -0.456 e. The summed E-state index contributed by atoms with van der Waals surface area (Å²) in [4.78, 5) is 11.7. The Hall–Kier alpha value is -0.170. The molecule has 0 aliphatic carbocycles. The molecular formula is C11H11BrFIO2. The second-order valence-corrected chi connectivity index (χ2v) is 6.26. The van der Waals surface area contributed by atoms with Crippen LogP contribution in [0.3, 0.4) is 0 Å². The fourth-order valence-electron chi connectivity index (χ4n) is 1.01. The van der Waals surface area contributed by atoms with E-state index in [4.69, 9.17) is 4.74 Å². The predicted molar refractivity (Wildman–Crippen MR) is 72.0 cm³/mol. The summed E-state index contributed by atoms with van der Waals surface area (Å²) in [6, 6.07) is 2.73. The third kappa shape index (κ3) is 3.69. The normalized spacial score (nSPS) is 11.4. The maximum Gasteiger partial charge on any atom is 0.339 e. The number of benzene rings is 1. The Morgan fingerprint density at radius 2 is 2.00 bits per heavy atom. The third-order valence-corrected chi connectivity index (χ3v) is 3.13. The second kappa shape index (κ2) is 5.00. The lowest BCUT2D eigenvalue weighted by atomic mass is 10.1. The molecule has 0 spiro atoms. The molecule has 0 saturated heterocycles. The first kappa shape index (κ1) is 13.9. The predicted octanol–water partition coefficient (Wildman–Crippen LogP) is 4.15. The SMILES string of the molecule is CC(C)(C)OC(=O)c1cc(F)c(Br)cc1I. The van der Waals surface area contributed by atoms with Gasteiger partial charge in [-0.3, -0.25) is 0 Å². The Balaban J connectivity index is 3.05. The maximum atomic E-state index is 13.3. The molecule has 0 aromatic heterocycles. The zero-order valence-corrected chi connectivity index (χ0v) is 12.8. The monoisotopic (exact) mass is 400 g/mol. The molecule has 1 rings (SSSR count). The van der Waals surface area contributed by atoms with E-state index >= 15 is 0 Å². The van der Waals surface area contributed by atoms with E-state index < -0.39 is 17.4 Å². The summed E-state index contributed by atoms with van der Waals surface area (Å²) in [5.41, 5.74) is -0.333. The first-order chi connectivity index (χ1) is 7.20. The molecular weight excluding hydrogens is 390 g/mol. The number of hydrogen-bond acceptors (Lipinski definition) is 2. The van der Waals surface area contributed by atoms with Crippen LogP contribution >= 0.6 is 38.5 Å². The zero-order chi connectivity index (χ0) is 12.5. The van der Waals surface area contributed by atoms with Gasteiger partial charge in [-0.15, -0.1) is 0 Å². The van der Waals surface area contributed by atoms with E-state index in [-0.39, 0.29) is 5.56 Å². The summed E-state index contributed by atoms with van der Waals surface area (Å²) in [6.45, 7) is 5.31. The molecule has 0 unspecified atom stereocenters. The highest BCUT2D eigenvalue weighted by atomic mass is 127. The number of carbonyl (C=O) groups excluding carboxylic acids is 1. The van der Waals surface area contributed by atoms with Gasteiger partial charge in [0.1, 0.15) is 11.4 Å². The van der Waals surface area contributed by atoms with Crippen LogP contribution in [0.1, 0.15) is 31.1 Å². The minimum atomic E-state index is -0.580. The second-order valence-electron chi connectivity index (χ2n) is 4.25. The van der Waals surface area contributed by atoms with Crippen LogP contribution in [0.15, 0.2) is 16.6 Å². The van der Waals surface area contributed by atoms with Crippen molar-refractivity contribution in [2.45, 2.75) is 26.4 Å². The van der Waals surface area contributed by atoms with Crippen molar-refractivity contribution in [2.24, 2.45) is 0 Å². The molecule has 0 amide bonds. The number of hydrogen-bond donors (Lipinski definition) is 0. The lowest BCUT2D eigenvalue weighted by Crippen LogP contribution is -2.24. The lowest BCUT2D eigenvalue weighted by molar-refractivity contribution is 0.00677. The van der Waals surface area contributed by atoms with Crippen LogP contribution in [0.4, 0.5) is 4.39 Å². The van der Waals surface area contributed by atoms with Gasteiger partial charge in [-0.25, -0.2) is 9.18 Å². The van der Waals surface area contributed by atoms with Crippen LogP contribution in [0.5, 0.6) is 0 Å². The van der Waals surface area contributed by atoms with Crippen molar-refractivity contribution in [3.05, 3.63) is 31.6 Å². The van der Waals surface area contributed by atoms with Crippen LogP contribution in [0, 0.1) is 9.39 Å². The van der Waals surface area contributed by atoms with Crippen molar-refractivity contribution < 1.29 is 13.9 Å². The van der Waals surface area contributed by atoms with Gasteiger partial charge in [0.05, 0.1) is 10.0 Å². The van der Waals surface area contributed by atoms with Crippen molar-refractivity contribution in [1.82, 2.24) is 0 Å². The number of ether oxygens (including phenoxy) is 1. The molecule has 0 aliphatic heterocycles. The molecule has 0 aliphatic rings. The molecule has 0 radical (unpaired) electrons. The Bertz CT molecular complexity index is 427. The molecule has 16 heavy (non-hydrogen) atoms. The smallest absolute Gasteiger partial charge is 0.339 e. The number of carbonyl (C=O) groups is 1. The molecule has 0 bridgehead atoms. The topological polar surface area (TPSA) is 26.3 Å². The van der Waals surface area contributed by atoms with Gasteiger partial charge in [-0.2, -0.15) is 0 Å². The number of halogens is 3. The number of esters is 1. The molecule has 5 heteroatoms. The van der Waals surface area contributed by atoms with Crippen molar-refractivity contribution in [3.8, 4) is 0 Å². The molecule has 1 aromatic rings. The van der Waals surface area contributed by atoms with Gasteiger partial charge < -0.3 is 4.74 Å². The molecule has 1 aromatic carbocycles. The largest absolute Gasteiger partial charge is 0.456 e. The summed E-state index contributed by atoms with van der Waals surface area (Å²) in [7, 11) is 0. The Labute approximate surface area is 116 Å². The van der Waals surface area contributed by atoms with E-state index in [1.165, 1.54) is 6.07 Å². The molecule has 0 fully saturated rings. The Morgan fingerprint density at radius 3 is 2.50 bits per heavy atom. The van der Waals surface area contributed by atoms with E-state index in [2.05, 4.69) is 15.9 Å². The molecule has 0 heterocycles. The first-order valence-electron chi connectivity index (χ1n) is 4.58. The van der Waals surface area contributed by atoms with E-state index in [1.807, 2.05) is 22.6 Å². The van der Waals surface area contributed by atoms with Crippen LogP contribution in [-0.2, 0) is 4.74 Å². The fraction of sp³-hybridized carbons (Fsp3) is 0.364. The van der Waals surface area contributed by atoms with Crippen LogP contribution in [-0.4, -0.2) is 11.6 Å². The van der Waals surface area contributed by atoms with Gasteiger partial charge in [-0.1, -0.05) is 0 Å². The van der Waals surface area contributed by atoms with E-state index in [1.54, 1.807) is 26.8 Å². The van der Waals surface area contributed by atoms with Crippen LogP contribution in [0.25, 0.3) is 0 Å². The van der Waals surface area contributed by atoms with E-state index in [9.17, 15) is 9.18 Å². The van der Waals surface area contributed by atoms with Gasteiger partial charge in [-0.05, 0) is 71.4 Å². The van der Waals surface area contributed by atoms with Gasteiger partial charge in [0.25, 0.3) is 0 Å². The van der Waals surface area contributed by atoms with Crippen molar-refractivity contribution >= 4 is 44.5 Å². The van der Waals surface area contributed by atoms with Crippen molar-refractivity contribution in [1.29, 1.82) is 0 Å². The summed E-state index contributed by atoms with van der Waals surface area (Å²) in [5.74, 6) is -0.982. The third-order valence-electron chi connectivity index (χ3n) is 1.63. The van der Waals surface area contributed by atoms with E-state index in [0.29, 0.717) is 8.04 Å². The zero-order valence-electron chi connectivity index (χ0n) is 9.11. The van der Waals surface area contributed by atoms with Gasteiger partial charge in [0.2, 0.25) is 0 Å². The summed E-state index contributed by atoms with van der Waals surface area (Å²) >= 11 is 5.03. The van der Waals surface area contributed by atoms with Crippen molar-refractivity contribution in [3.63, 3.8) is 0 Å². The standard InChI is InChI=1S/C11H11BrFIO2/c1-11(2,3)16-10(15)6-4-8(13)7(12)5-9(6)14/h4-5H,1-3H3. The summed E-state index contributed by atoms with van der Waals surface area (Å²) < 4.78 is 19.5. The average Bonchev–Trinajstić information content (AvgIpc) is 2.08. The van der Waals surface area contributed by atoms with Crippen molar-refractivity contribution in [2.75, 3.05) is 0 Å². The highest BCUT2D eigenvalue weighted by Gasteiger charge is 2.21. The Kier molecular flexibility index (Phi) is 4.34. The minimum absolute atomic E-state index is 0.247. The van der Waals surface area contributed by atoms with Crippen LogP contribution in [0.2, 0.25) is 0 Å². The average molecular weight is 401 g/mol. The fourth-order valence-corrected chi connectivity index (χ4v) is 2.47. The van der Waals surface area contributed by atoms with Crippen LogP contribution < -0.4 is 0 Å².